The third kappa shape index (κ3) is 4.45. The number of aryl methyl sites for hydroxylation is 2. The maximum Gasteiger partial charge on any atom is 0.338 e. The number of ether oxygens (including phenoxy) is 3. The molecule has 2 aromatic heterocycles. The molecule has 3 heterocycles. The number of fused-ring (bicyclic) bond motifs is 2. The Hall–Kier alpha value is -4.38. The first-order valence-electron chi connectivity index (χ1n) is 12.9. The van der Waals surface area contributed by atoms with Gasteiger partial charge in [0.05, 0.1) is 53.2 Å². The van der Waals surface area contributed by atoms with Crippen molar-refractivity contribution < 1.29 is 19.0 Å². The van der Waals surface area contributed by atoms with Crippen LogP contribution < -0.4 is 30.1 Å². The van der Waals surface area contributed by atoms with E-state index in [1.54, 1.807) is 62.4 Å². The van der Waals surface area contributed by atoms with Gasteiger partial charge in [0.25, 0.3) is 5.56 Å². The molecular weight excluding hydrogens is 532 g/mol. The van der Waals surface area contributed by atoms with E-state index >= 15 is 0 Å². The molecule has 208 valence electrons. The summed E-state index contributed by atoms with van der Waals surface area (Å²) in [4.78, 5) is 44.6. The average molecular weight is 563 g/mol. The lowest BCUT2D eigenvalue weighted by molar-refractivity contribution is -0.139. The van der Waals surface area contributed by atoms with Gasteiger partial charge in [-0.1, -0.05) is 23.5 Å². The van der Waals surface area contributed by atoms with Crippen molar-refractivity contribution in [1.29, 1.82) is 0 Å². The fourth-order valence-electron chi connectivity index (χ4n) is 5.00. The molecule has 0 unspecified atom stereocenters. The molecule has 0 radical (unpaired) electrons. The van der Waals surface area contributed by atoms with Gasteiger partial charge in [-0.25, -0.2) is 14.6 Å². The summed E-state index contributed by atoms with van der Waals surface area (Å²) in [5.41, 5.74) is 3.33. The lowest BCUT2D eigenvalue weighted by Crippen LogP contribution is -2.40. The van der Waals surface area contributed by atoms with Crippen LogP contribution in [0, 0.1) is 0 Å². The number of benzene rings is 2. The molecule has 10 nitrogen and oxygen atoms in total. The predicted molar refractivity (Wildman–Crippen MR) is 153 cm³/mol. The lowest BCUT2D eigenvalue weighted by atomic mass is 9.95. The Morgan fingerprint density at radius 2 is 1.77 bits per heavy atom. The van der Waals surface area contributed by atoms with Crippen LogP contribution in [0.4, 0.5) is 0 Å². The van der Waals surface area contributed by atoms with E-state index in [0.29, 0.717) is 38.7 Å². The highest BCUT2D eigenvalue weighted by Crippen LogP contribution is 2.36. The van der Waals surface area contributed by atoms with Crippen molar-refractivity contribution in [3.05, 3.63) is 89.0 Å². The van der Waals surface area contributed by atoms with Gasteiger partial charge in [-0.05, 0) is 62.2 Å². The largest absolute Gasteiger partial charge is 0.493 e. The molecule has 0 spiro atoms. The fourth-order valence-corrected chi connectivity index (χ4v) is 6.05. The first kappa shape index (κ1) is 27.2. The van der Waals surface area contributed by atoms with E-state index in [4.69, 9.17) is 14.2 Å². The van der Waals surface area contributed by atoms with E-state index in [-0.39, 0.29) is 23.4 Å². The Morgan fingerprint density at radius 3 is 2.48 bits per heavy atom. The van der Waals surface area contributed by atoms with Crippen LogP contribution in [-0.2, 0) is 23.6 Å². The molecule has 0 amide bonds. The highest BCUT2D eigenvalue weighted by molar-refractivity contribution is 7.07. The highest BCUT2D eigenvalue weighted by Gasteiger charge is 2.34. The molecule has 0 N–H and O–H groups in total. The molecule has 2 aromatic carbocycles. The molecule has 0 aliphatic carbocycles. The van der Waals surface area contributed by atoms with E-state index in [0.717, 1.165) is 16.6 Å². The van der Waals surface area contributed by atoms with Crippen LogP contribution >= 0.6 is 11.3 Å². The third-order valence-corrected chi connectivity index (χ3v) is 7.90. The summed E-state index contributed by atoms with van der Waals surface area (Å²) in [6, 6.07) is 10.2. The summed E-state index contributed by atoms with van der Waals surface area (Å²) in [7, 11) is 4.99. The molecule has 11 heteroatoms. The number of esters is 1. The van der Waals surface area contributed by atoms with Gasteiger partial charge in [-0.2, -0.15) is 0 Å². The fraction of sp³-hybridized carbons (Fsp3) is 0.310. The summed E-state index contributed by atoms with van der Waals surface area (Å²) in [6.45, 7) is 5.95. The second-order valence-corrected chi connectivity index (χ2v) is 10.3. The van der Waals surface area contributed by atoms with Crippen molar-refractivity contribution in [1.82, 2.24) is 13.7 Å². The maximum atomic E-state index is 13.9. The molecule has 0 fully saturated rings. The summed E-state index contributed by atoms with van der Waals surface area (Å²) in [6.07, 6.45) is 1.78. The molecule has 1 aliphatic rings. The quantitative estimate of drug-likeness (QED) is 0.320. The van der Waals surface area contributed by atoms with Crippen molar-refractivity contribution in [2.24, 2.45) is 19.1 Å². The monoisotopic (exact) mass is 562 g/mol. The van der Waals surface area contributed by atoms with Gasteiger partial charge in [0.15, 0.2) is 16.3 Å². The third-order valence-electron chi connectivity index (χ3n) is 6.91. The van der Waals surface area contributed by atoms with Crippen molar-refractivity contribution in [2.45, 2.75) is 26.8 Å². The van der Waals surface area contributed by atoms with Crippen LogP contribution in [0.3, 0.4) is 0 Å². The Bertz CT molecular complexity index is 1920. The van der Waals surface area contributed by atoms with Crippen molar-refractivity contribution in [2.75, 3.05) is 20.3 Å². The average Bonchev–Trinajstić information content (AvgIpc) is 3.35. The lowest BCUT2D eigenvalue weighted by Gasteiger charge is -2.25. The van der Waals surface area contributed by atoms with E-state index in [1.165, 1.54) is 15.9 Å². The van der Waals surface area contributed by atoms with Crippen molar-refractivity contribution in [3.8, 4) is 11.5 Å². The second-order valence-electron chi connectivity index (χ2n) is 9.29. The van der Waals surface area contributed by atoms with Crippen LogP contribution in [0.15, 0.2) is 62.2 Å². The van der Waals surface area contributed by atoms with Gasteiger partial charge in [0, 0.05) is 14.1 Å². The Balaban J connectivity index is 1.73. The number of thiazole rings is 1. The summed E-state index contributed by atoms with van der Waals surface area (Å²) >= 11 is 1.24. The van der Waals surface area contributed by atoms with Gasteiger partial charge >= 0.3 is 11.7 Å². The van der Waals surface area contributed by atoms with Gasteiger partial charge in [0.2, 0.25) is 0 Å². The van der Waals surface area contributed by atoms with Gasteiger partial charge in [-0.15, -0.1) is 0 Å². The highest BCUT2D eigenvalue weighted by atomic mass is 32.1. The van der Waals surface area contributed by atoms with E-state index in [1.807, 2.05) is 31.2 Å². The zero-order chi connectivity index (χ0) is 28.7. The number of aromatic nitrogens is 3. The first-order valence-corrected chi connectivity index (χ1v) is 13.7. The van der Waals surface area contributed by atoms with E-state index in [2.05, 4.69) is 4.99 Å². The zero-order valence-corrected chi connectivity index (χ0v) is 24.0. The minimum Gasteiger partial charge on any atom is -0.493 e. The molecular formula is C29H30N4O6S. The smallest absolute Gasteiger partial charge is 0.338 e. The maximum absolute atomic E-state index is 13.9. The molecule has 1 atom stereocenters. The van der Waals surface area contributed by atoms with Crippen molar-refractivity contribution >= 4 is 34.4 Å². The summed E-state index contributed by atoms with van der Waals surface area (Å²) in [5, 5.41) is 0. The molecule has 0 saturated heterocycles. The molecule has 5 rings (SSSR count). The number of hydrogen-bond acceptors (Lipinski definition) is 8. The molecule has 0 bridgehead atoms. The van der Waals surface area contributed by atoms with Crippen LogP contribution in [0.1, 0.15) is 37.9 Å². The van der Waals surface area contributed by atoms with Crippen LogP contribution in [0.25, 0.3) is 17.1 Å². The minimum absolute atomic E-state index is 0.126. The number of allylic oxidation sites excluding steroid dienone is 1. The van der Waals surface area contributed by atoms with Gasteiger partial charge in [-0.3, -0.25) is 18.5 Å². The van der Waals surface area contributed by atoms with Gasteiger partial charge in [0.1, 0.15) is 0 Å². The normalized spacial score (nSPS) is 15.2. The van der Waals surface area contributed by atoms with E-state index in [9.17, 15) is 14.4 Å². The Kier molecular flexibility index (Phi) is 7.24. The molecule has 40 heavy (non-hydrogen) atoms. The number of nitrogens with zero attached hydrogens (tertiary/aromatic N) is 4. The van der Waals surface area contributed by atoms with E-state index < -0.39 is 12.0 Å². The minimum atomic E-state index is -0.778. The predicted octanol–water partition coefficient (Wildman–Crippen LogP) is 2.40. The summed E-state index contributed by atoms with van der Waals surface area (Å²) < 4.78 is 21.7. The van der Waals surface area contributed by atoms with Crippen LogP contribution in [-0.4, -0.2) is 40.0 Å². The second kappa shape index (κ2) is 10.6. The number of rotatable bonds is 7. The topological polar surface area (TPSA) is 106 Å². The van der Waals surface area contributed by atoms with Crippen LogP contribution in [0.2, 0.25) is 0 Å². The number of hydrogen-bond donors (Lipinski definition) is 0. The van der Waals surface area contributed by atoms with Crippen LogP contribution in [0.5, 0.6) is 11.5 Å². The number of methoxy groups -OCH3 is 1. The zero-order valence-electron chi connectivity index (χ0n) is 23.2. The number of carbonyl (C=O) groups excluding carboxylic acids is 1. The molecule has 0 saturated carbocycles. The Morgan fingerprint density at radius 1 is 1.02 bits per heavy atom. The molecule has 4 aromatic rings. The molecule has 1 aliphatic heterocycles. The van der Waals surface area contributed by atoms with Gasteiger partial charge < -0.3 is 14.2 Å². The Labute approximate surface area is 233 Å². The standard InChI is InChI=1S/C29H30N4O6S/c1-7-38-22-15-18(10-12-21(22)37-6)25-24(27(35)39-8-2)16(3)30-28-33(25)26(34)23(40-28)14-17-9-11-19-20(13-17)32(5)29(36)31(19)4/h9-15,25H,7-8H2,1-6H3/b23-14+/t25-/m1/s1. The SMILES string of the molecule is CCOC(=O)C1=C(C)N=c2s/c(=C/c3ccc4c(c3)n(C)c(=O)n4C)c(=O)n2[C@@H]1c1ccc(OC)c(OCC)c1. The first-order chi connectivity index (χ1) is 19.2. The van der Waals surface area contributed by atoms with Crippen molar-refractivity contribution in [3.63, 3.8) is 0 Å². The number of carbonyl (C=O) groups is 1. The summed E-state index contributed by atoms with van der Waals surface area (Å²) in [5.74, 6) is 0.513. The number of imidazole rings is 1.